The second-order valence-electron chi connectivity index (χ2n) is 6.64. The number of carbonyl (C=O) groups excluding carboxylic acids is 2. The SMILES string of the molecule is COc1cc(N2CCN(C(=O)OC(C)(C)C)[C@@H](C=O)C2)ccc1Cl. The van der Waals surface area contributed by atoms with Crippen molar-refractivity contribution in [3.63, 3.8) is 0 Å². The highest BCUT2D eigenvalue weighted by molar-refractivity contribution is 6.32. The third-order valence-electron chi connectivity index (χ3n) is 3.70. The van der Waals surface area contributed by atoms with Crippen molar-refractivity contribution in [2.75, 3.05) is 31.6 Å². The Morgan fingerprint density at radius 1 is 1.33 bits per heavy atom. The van der Waals surface area contributed by atoms with Crippen LogP contribution in [0.5, 0.6) is 5.75 Å². The first-order valence-corrected chi connectivity index (χ1v) is 8.16. The van der Waals surface area contributed by atoms with Crippen molar-refractivity contribution in [2.45, 2.75) is 32.4 Å². The molecule has 1 aromatic carbocycles. The van der Waals surface area contributed by atoms with E-state index in [4.69, 9.17) is 21.1 Å². The van der Waals surface area contributed by atoms with Gasteiger partial charge in [-0.2, -0.15) is 0 Å². The van der Waals surface area contributed by atoms with E-state index < -0.39 is 17.7 Å². The Kier molecular flexibility index (Phi) is 5.59. The monoisotopic (exact) mass is 354 g/mol. The van der Waals surface area contributed by atoms with Crippen LogP contribution in [0.4, 0.5) is 10.5 Å². The van der Waals surface area contributed by atoms with Crippen molar-refractivity contribution < 1.29 is 19.1 Å². The van der Waals surface area contributed by atoms with Crippen molar-refractivity contribution in [3.05, 3.63) is 23.2 Å². The lowest BCUT2D eigenvalue weighted by atomic mass is 10.1. The topological polar surface area (TPSA) is 59.1 Å². The molecule has 0 N–H and O–H groups in total. The summed E-state index contributed by atoms with van der Waals surface area (Å²) in [5, 5.41) is 0.528. The van der Waals surface area contributed by atoms with Gasteiger partial charge in [-0.3, -0.25) is 4.90 Å². The Morgan fingerprint density at radius 3 is 2.62 bits per heavy atom. The molecule has 0 aromatic heterocycles. The van der Waals surface area contributed by atoms with Gasteiger partial charge in [-0.05, 0) is 32.9 Å². The average molecular weight is 355 g/mol. The van der Waals surface area contributed by atoms with Crippen molar-refractivity contribution in [1.82, 2.24) is 4.90 Å². The van der Waals surface area contributed by atoms with Crippen molar-refractivity contribution in [2.24, 2.45) is 0 Å². The zero-order chi connectivity index (χ0) is 17.9. The Balaban J connectivity index is 2.12. The van der Waals surface area contributed by atoms with Gasteiger partial charge in [-0.15, -0.1) is 0 Å². The molecule has 1 aliphatic heterocycles. The number of methoxy groups -OCH3 is 1. The van der Waals surface area contributed by atoms with Gasteiger partial charge in [0.05, 0.1) is 12.1 Å². The number of hydrogen-bond acceptors (Lipinski definition) is 5. The fraction of sp³-hybridized carbons (Fsp3) is 0.529. The zero-order valence-electron chi connectivity index (χ0n) is 14.4. The van der Waals surface area contributed by atoms with E-state index >= 15 is 0 Å². The molecule has 0 unspecified atom stereocenters. The van der Waals surface area contributed by atoms with E-state index in [1.54, 1.807) is 33.9 Å². The number of aldehydes is 1. The third-order valence-corrected chi connectivity index (χ3v) is 4.02. The van der Waals surface area contributed by atoms with Crippen LogP contribution in [-0.4, -0.2) is 55.7 Å². The molecule has 6 nitrogen and oxygen atoms in total. The molecule has 0 aliphatic carbocycles. The predicted octanol–water partition coefficient (Wildman–Crippen LogP) is 2.97. The molecule has 1 fully saturated rings. The Morgan fingerprint density at radius 2 is 2.04 bits per heavy atom. The third kappa shape index (κ3) is 4.32. The summed E-state index contributed by atoms with van der Waals surface area (Å²) in [6.07, 6.45) is 0.316. The number of anilines is 1. The maximum atomic E-state index is 12.3. The Labute approximate surface area is 147 Å². The summed E-state index contributed by atoms with van der Waals surface area (Å²) >= 11 is 6.05. The van der Waals surface area contributed by atoms with Gasteiger partial charge in [0.25, 0.3) is 0 Å². The normalized spacial score (nSPS) is 18.3. The number of hydrogen-bond donors (Lipinski definition) is 0. The molecule has 1 saturated heterocycles. The van der Waals surface area contributed by atoms with E-state index in [0.717, 1.165) is 12.0 Å². The minimum absolute atomic E-state index is 0.396. The molecule has 1 atom stereocenters. The molecular formula is C17H23ClN2O4. The molecule has 2 rings (SSSR count). The van der Waals surface area contributed by atoms with Crippen LogP contribution in [0.1, 0.15) is 20.8 Å². The van der Waals surface area contributed by atoms with E-state index in [1.807, 2.05) is 17.0 Å². The highest BCUT2D eigenvalue weighted by atomic mass is 35.5. The molecule has 0 saturated carbocycles. The smallest absolute Gasteiger partial charge is 0.411 e. The summed E-state index contributed by atoms with van der Waals surface area (Å²) in [7, 11) is 1.56. The van der Waals surface area contributed by atoms with Crippen molar-refractivity contribution in [1.29, 1.82) is 0 Å². The Hall–Kier alpha value is -1.95. The van der Waals surface area contributed by atoms with E-state index in [1.165, 1.54) is 4.90 Å². The summed E-state index contributed by atoms with van der Waals surface area (Å²) in [6, 6.07) is 4.89. The average Bonchev–Trinajstić information content (AvgIpc) is 2.53. The lowest BCUT2D eigenvalue weighted by Gasteiger charge is -2.40. The first-order valence-electron chi connectivity index (χ1n) is 7.78. The first kappa shape index (κ1) is 18.4. The second-order valence-corrected chi connectivity index (χ2v) is 7.05. The van der Waals surface area contributed by atoms with Crippen molar-refractivity contribution >= 4 is 29.7 Å². The molecular weight excluding hydrogens is 332 g/mol. The molecule has 132 valence electrons. The molecule has 7 heteroatoms. The summed E-state index contributed by atoms with van der Waals surface area (Å²) in [5.41, 5.74) is 0.303. The standard InChI is InChI=1S/C17H23ClN2O4/c1-17(2,3)24-16(22)20-8-7-19(10-13(20)11-21)12-5-6-14(18)15(9-12)23-4/h5-6,9,11,13H,7-8,10H2,1-4H3/t13-/m1/s1. The maximum absolute atomic E-state index is 12.3. The van der Waals surface area contributed by atoms with Crippen LogP contribution < -0.4 is 9.64 Å². The molecule has 1 aliphatic rings. The highest BCUT2D eigenvalue weighted by Crippen LogP contribution is 2.30. The first-order chi connectivity index (χ1) is 11.2. The molecule has 0 radical (unpaired) electrons. The van der Waals surface area contributed by atoms with Gasteiger partial charge in [-0.1, -0.05) is 11.6 Å². The van der Waals surface area contributed by atoms with Crippen molar-refractivity contribution in [3.8, 4) is 5.75 Å². The quantitative estimate of drug-likeness (QED) is 0.781. The lowest BCUT2D eigenvalue weighted by molar-refractivity contribution is -0.112. The predicted molar refractivity (Wildman–Crippen MR) is 93.0 cm³/mol. The summed E-state index contributed by atoms with van der Waals surface area (Å²) in [5.74, 6) is 0.575. The van der Waals surface area contributed by atoms with Gasteiger partial charge >= 0.3 is 6.09 Å². The fourth-order valence-electron chi connectivity index (χ4n) is 2.55. The zero-order valence-corrected chi connectivity index (χ0v) is 15.2. The van der Waals surface area contributed by atoms with E-state index in [-0.39, 0.29) is 0 Å². The van der Waals surface area contributed by atoms with Crippen LogP contribution in [0.2, 0.25) is 5.02 Å². The van der Waals surface area contributed by atoms with Crippen LogP contribution in [0.3, 0.4) is 0 Å². The lowest BCUT2D eigenvalue weighted by Crippen LogP contribution is -2.56. The van der Waals surface area contributed by atoms with Gasteiger partial charge < -0.3 is 19.2 Å². The van der Waals surface area contributed by atoms with Crippen LogP contribution >= 0.6 is 11.6 Å². The van der Waals surface area contributed by atoms with Crippen LogP contribution in [-0.2, 0) is 9.53 Å². The van der Waals surface area contributed by atoms with Crippen LogP contribution in [0.15, 0.2) is 18.2 Å². The van der Waals surface area contributed by atoms with E-state index in [2.05, 4.69) is 0 Å². The van der Waals surface area contributed by atoms with Gasteiger partial charge in [-0.25, -0.2) is 4.79 Å². The molecule has 1 heterocycles. The van der Waals surface area contributed by atoms with E-state index in [0.29, 0.717) is 30.4 Å². The van der Waals surface area contributed by atoms with Gasteiger partial charge in [0.2, 0.25) is 0 Å². The maximum Gasteiger partial charge on any atom is 0.411 e. The Bertz CT molecular complexity index is 615. The molecule has 0 bridgehead atoms. The number of ether oxygens (including phenoxy) is 2. The number of amides is 1. The molecule has 24 heavy (non-hydrogen) atoms. The number of benzene rings is 1. The number of carbonyl (C=O) groups is 2. The number of rotatable bonds is 3. The van der Waals surface area contributed by atoms with Gasteiger partial charge in [0, 0.05) is 31.4 Å². The largest absolute Gasteiger partial charge is 0.495 e. The second kappa shape index (κ2) is 7.30. The van der Waals surface area contributed by atoms with E-state index in [9.17, 15) is 9.59 Å². The minimum atomic E-state index is -0.592. The number of nitrogens with zero attached hydrogens (tertiary/aromatic N) is 2. The summed E-state index contributed by atoms with van der Waals surface area (Å²) < 4.78 is 10.6. The molecule has 1 amide bonds. The van der Waals surface area contributed by atoms with Crippen LogP contribution in [0, 0.1) is 0 Å². The van der Waals surface area contributed by atoms with Gasteiger partial charge in [0.1, 0.15) is 23.7 Å². The number of halogens is 1. The number of piperazine rings is 1. The van der Waals surface area contributed by atoms with Gasteiger partial charge in [0.15, 0.2) is 0 Å². The minimum Gasteiger partial charge on any atom is -0.495 e. The summed E-state index contributed by atoms with van der Waals surface area (Å²) in [4.78, 5) is 27.2. The summed E-state index contributed by atoms with van der Waals surface area (Å²) in [6.45, 7) is 6.80. The molecule has 0 spiro atoms. The van der Waals surface area contributed by atoms with Crippen LogP contribution in [0.25, 0.3) is 0 Å². The highest BCUT2D eigenvalue weighted by Gasteiger charge is 2.33. The molecule has 1 aromatic rings. The fourth-order valence-corrected chi connectivity index (χ4v) is 2.75.